The summed E-state index contributed by atoms with van der Waals surface area (Å²) in [6.07, 6.45) is 2.99. The van der Waals surface area contributed by atoms with E-state index in [9.17, 15) is 18.3 Å². The Bertz CT molecular complexity index is 973. The normalized spacial score (nSPS) is 14.8. The molecule has 2 aromatic carbocycles. The van der Waals surface area contributed by atoms with Gasteiger partial charge in [-0.25, -0.2) is 13.2 Å². The molecule has 3 rings (SSSR count). The van der Waals surface area contributed by atoms with Crippen molar-refractivity contribution in [1.29, 1.82) is 0 Å². The summed E-state index contributed by atoms with van der Waals surface area (Å²) in [5.41, 5.74) is 0.609. The number of hydrogen-bond acceptors (Lipinski definition) is 4. The van der Waals surface area contributed by atoms with Gasteiger partial charge in [0.05, 0.1) is 22.0 Å². The quantitative estimate of drug-likeness (QED) is 0.732. The van der Waals surface area contributed by atoms with Gasteiger partial charge in [0, 0.05) is 18.1 Å². The number of rotatable bonds is 5. The van der Waals surface area contributed by atoms with E-state index in [-0.39, 0.29) is 21.2 Å². The number of nitrogens with zero attached hydrogens (tertiary/aromatic N) is 1. The van der Waals surface area contributed by atoms with E-state index < -0.39 is 16.0 Å². The SMILES string of the molecule is O=C(O)c1cc(S(=O)(=O)Nc2cccc(Cl)c2)c(Cl)cc1N1CCCCC1. The van der Waals surface area contributed by atoms with Gasteiger partial charge >= 0.3 is 5.97 Å². The molecule has 0 amide bonds. The molecule has 1 heterocycles. The first-order valence-electron chi connectivity index (χ1n) is 8.38. The third-order valence-electron chi connectivity index (χ3n) is 4.34. The third kappa shape index (κ3) is 4.48. The number of aromatic carboxylic acids is 1. The second kappa shape index (κ2) is 7.96. The highest BCUT2D eigenvalue weighted by atomic mass is 35.5. The van der Waals surface area contributed by atoms with E-state index in [1.165, 1.54) is 18.2 Å². The maximum Gasteiger partial charge on any atom is 0.337 e. The molecule has 2 N–H and O–H groups in total. The minimum atomic E-state index is -4.09. The Balaban J connectivity index is 2.02. The largest absolute Gasteiger partial charge is 0.478 e. The first kappa shape index (κ1) is 19.8. The van der Waals surface area contributed by atoms with Gasteiger partial charge in [-0.1, -0.05) is 29.3 Å². The average molecular weight is 429 g/mol. The van der Waals surface area contributed by atoms with Crippen molar-refractivity contribution in [3.63, 3.8) is 0 Å². The summed E-state index contributed by atoms with van der Waals surface area (Å²) < 4.78 is 27.9. The van der Waals surface area contributed by atoms with Gasteiger partial charge in [-0.3, -0.25) is 4.72 Å². The van der Waals surface area contributed by atoms with E-state index >= 15 is 0 Å². The van der Waals surface area contributed by atoms with Gasteiger partial charge in [-0.15, -0.1) is 0 Å². The second-order valence-corrected chi connectivity index (χ2v) is 8.76. The predicted molar refractivity (Wildman–Crippen MR) is 107 cm³/mol. The van der Waals surface area contributed by atoms with Gasteiger partial charge in [0.25, 0.3) is 10.0 Å². The first-order valence-corrected chi connectivity index (χ1v) is 10.6. The number of halogens is 2. The Labute approximate surface area is 167 Å². The van der Waals surface area contributed by atoms with E-state index in [1.807, 2.05) is 4.90 Å². The molecule has 27 heavy (non-hydrogen) atoms. The Kier molecular flexibility index (Phi) is 5.83. The van der Waals surface area contributed by atoms with Gasteiger partial charge in [-0.2, -0.15) is 0 Å². The van der Waals surface area contributed by atoms with Crippen molar-refractivity contribution in [2.45, 2.75) is 24.2 Å². The highest BCUT2D eigenvalue weighted by molar-refractivity contribution is 7.92. The fourth-order valence-corrected chi connectivity index (χ4v) is 4.87. The molecule has 0 spiro atoms. The van der Waals surface area contributed by atoms with Crippen LogP contribution in [0.25, 0.3) is 0 Å². The van der Waals surface area contributed by atoms with Crippen molar-refractivity contribution in [2.75, 3.05) is 22.7 Å². The summed E-state index contributed by atoms with van der Waals surface area (Å²) in [6, 6.07) is 8.74. The molecule has 1 fully saturated rings. The molecule has 0 radical (unpaired) electrons. The molecular weight excluding hydrogens is 411 g/mol. The number of carbonyl (C=O) groups is 1. The van der Waals surface area contributed by atoms with Crippen LogP contribution in [0.5, 0.6) is 0 Å². The summed E-state index contributed by atoms with van der Waals surface area (Å²) in [4.78, 5) is 13.4. The van der Waals surface area contributed by atoms with Gasteiger partial charge < -0.3 is 10.0 Å². The van der Waals surface area contributed by atoms with Gasteiger partial charge in [0.15, 0.2) is 0 Å². The number of benzene rings is 2. The monoisotopic (exact) mass is 428 g/mol. The zero-order chi connectivity index (χ0) is 19.6. The minimum absolute atomic E-state index is 0.0323. The number of carboxylic acids is 1. The van der Waals surface area contributed by atoms with Crippen LogP contribution < -0.4 is 9.62 Å². The Morgan fingerprint density at radius 2 is 1.78 bits per heavy atom. The molecule has 0 aromatic heterocycles. The number of sulfonamides is 1. The van der Waals surface area contributed by atoms with Crippen molar-refractivity contribution >= 4 is 50.6 Å². The van der Waals surface area contributed by atoms with Gasteiger partial charge in [0.1, 0.15) is 4.90 Å². The van der Waals surface area contributed by atoms with Gasteiger partial charge in [-0.05, 0) is 49.6 Å². The van der Waals surface area contributed by atoms with Crippen LogP contribution in [0, 0.1) is 0 Å². The van der Waals surface area contributed by atoms with Crippen molar-refractivity contribution < 1.29 is 18.3 Å². The van der Waals surface area contributed by atoms with Crippen molar-refractivity contribution in [3.05, 3.63) is 52.0 Å². The molecule has 0 atom stereocenters. The number of anilines is 2. The summed E-state index contributed by atoms with van der Waals surface area (Å²) in [5, 5.41) is 9.94. The van der Waals surface area contributed by atoms with Crippen LogP contribution >= 0.6 is 23.2 Å². The van der Waals surface area contributed by atoms with Crippen LogP contribution in [0.1, 0.15) is 29.6 Å². The fraction of sp³-hybridized carbons (Fsp3) is 0.278. The molecule has 0 saturated carbocycles. The topological polar surface area (TPSA) is 86.7 Å². The van der Waals surface area contributed by atoms with Crippen molar-refractivity contribution in [3.8, 4) is 0 Å². The third-order valence-corrected chi connectivity index (χ3v) is 6.42. The molecule has 0 aliphatic carbocycles. The molecule has 0 bridgehead atoms. The first-order chi connectivity index (χ1) is 12.8. The van der Waals surface area contributed by atoms with Crippen LogP contribution in [-0.4, -0.2) is 32.6 Å². The molecule has 1 aliphatic heterocycles. The molecule has 1 saturated heterocycles. The van der Waals surface area contributed by atoms with Crippen LogP contribution in [0.2, 0.25) is 10.0 Å². The van der Waals surface area contributed by atoms with E-state index in [1.54, 1.807) is 12.1 Å². The Morgan fingerprint density at radius 3 is 2.41 bits per heavy atom. The molecule has 2 aromatic rings. The van der Waals surface area contributed by atoms with Crippen LogP contribution in [0.15, 0.2) is 41.3 Å². The standard InChI is InChI=1S/C18H18Cl2N2O4S/c19-12-5-4-6-13(9-12)21-27(25,26)17-10-14(18(23)24)16(11-15(17)20)22-7-2-1-3-8-22/h4-6,9-11,21H,1-3,7-8H2,(H,23,24). The molecule has 0 unspecified atom stereocenters. The Hall–Kier alpha value is -1.96. The average Bonchev–Trinajstić information content (AvgIpc) is 2.61. The summed E-state index contributed by atoms with van der Waals surface area (Å²) in [6.45, 7) is 1.42. The maximum atomic E-state index is 12.8. The number of carboxylic acid groups (broad SMARTS) is 1. The lowest BCUT2D eigenvalue weighted by Gasteiger charge is -2.30. The van der Waals surface area contributed by atoms with Crippen molar-refractivity contribution in [1.82, 2.24) is 0 Å². The predicted octanol–water partition coefficient (Wildman–Crippen LogP) is 4.48. The highest BCUT2D eigenvalue weighted by Gasteiger charge is 2.26. The molecule has 9 heteroatoms. The second-order valence-electron chi connectivity index (χ2n) is 6.27. The summed E-state index contributed by atoms with van der Waals surface area (Å²) in [5.74, 6) is -1.20. The fourth-order valence-electron chi connectivity index (χ4n) is 3.08. The van der Waals surface area contributed by atoms with Crippen LogP contribution in [-0.2, 0) is 10.0 Å². The van der Waals surface area contributed by atoms with E-state index in [2.05, 4.69) is 4.72 Å². The molecule has 6 nitrogen and oxygen atoms in total. The maximum absolute atomic E-state index is 12.8. The highest BCUT2D eigenvalue weighted by Crippen LogP contribution is 2.33. The minimum Gasteiger partial charge on any atom is -0.478 e. The number of hydrogen-bond donors (Lipinski definition) is 2. The van der Waals surface area contributed by atoms with Crippen molar-refractivity contribution in [2.24, 2.45) is 0 Å². The lowest BCUT2D eigenvalue weighted by atomic mass is 10.1. The lowest BCUT2D eigenvalue weighted by molar-refractivity contribution is 0.0697. The van der Waals surface area contributed by atoms with E-state index in [4.69, 9.17) is 23.2 Å². The molecule has 1 aliphatic rings. The smallest absolute Gasteiger partial charge is 0.337 e. The summed E-state index contributed by atoms with van der Waals surface area (Å²) >= 11 is 12.1. The molecule has 144 valence electrons. The lowest BCUT2D eigenvalue weighted by Crippen LogP contribution is -2.31. The van der Waals surface area contributed by atoms with Gasteiger partial charge in [0.2, 0.25) is 0 Å². The van der Waals surface area contributed by atoms with E-state index in [0.717, 1.165) is 25.3 Å². The van der Waals surface area contributed by atoms with E-state index in [0.29, 0.717) is 23.8 Å². The zero-order valence-electron chi connectivity index (χ0n) is 14.3. The Morgan fingerprint density at radius 1 is 1.07 bits per heavy atom. The number of piperidine rings is 1. The summed E-state index contributed by atoms with van der Waals surface area (Å²) in [7, 11) is -4.09. The van der Waals surface area contributed by atoms with Crippen LogP contribution in [0.4, 0.5) is 11.4 Å². The molecular formula is C18H18Cl2N2O4S. The number of nitrogens with one attached hydrogen (secondary N) is 1. The zero-order valence-corrected chi connectivity index (χ0v) is 16.6. The van der Waals surface area contributed by atoms with Crippen LogP contribution in [0.3, 0.4) is 0 Å².